The van der Waals surface area contributed by atoms with Crippen molar-refractivity contribution in [1.29, 1.82) is 0 Å². The fourth-order valence-corrected chi connectivity index (χ4v) is 1.96. The molecule has 0 aliphatic rings. The van der Waals surface area contributed by atoms with Crippen molar-refractivity contribution in [2.75, 3.05) is 25.1 Å². The molecule has 5 heteroatoms. The van der Waals surface area contributed by atoms with Crippen LogP contribution in [0.1, 0.15) is 24.8 Å². The Morgan fingerprint density at radius 3 is 2.60 bits per heavy atom. The van der Waals surface area contributed by atoms with Crippen LogP contribution < -0.4 is 10.6 Å². The molecule has 1 aromatic carbocycles. The first-order valence-corrected chi connectivity index (χ1v) is 6.69. The molecule has 0 atom stereocenters. The van der Waals surface area contributed by atoms with E-state index in [0.29, 0.717) is 32.4 Å². The maximum Gasteiger partial charge on any atom is 0.305 e. The standard InChI is InChI=1S/C15H22N2O3/c1-12-5-3-6-13(11-12)17(10-8-14(16)18)9-4-7-15(19)20-2/h3,5-6,11H,4,7-10H2,1-2H3,(H2,16,18). The van der Waals surface area contributed by atoms with Crippen LogP contribution in [0, 0.1) is 6.92 Å². The largest absolute Gasteiger partial charge is 0.469 e. The Hall–Kier alpha value is -2.04. The van der Waals surface area contributed by atoms with Gasteiger partial charge in [0.1, 0.15) is 0 Å². The lowest BCUT2D eigenvalue weighted by molar-refractivity contribution is -0.140. The highest BCUT2D eigenvalue weighted by Crippen LogP contribution is 2.17. The van der Waals surface area contributed by atoms with Crippen LogP contribution in [0.5, 0.6) is 0 Å². The van der Waals surface area contributed by atoms with Gasteiger partial charge in [0.15, 0.2) is 0 Å². The Bertz CT molecular complexity index is 460. The second-order valence-electron chi connectivity index (χ2n) is 4.72. The van der Waals surface area contributed by atoms with Gasteiger partial charge in [-0.05, 0) is 31.0 Å². The van der Waals surface area contributed by atoms with Gasteiger partial charge in [-0.3, -0.25) is 9.59 Å². The van der Waals surface area contributed by atoms with Crippen LogP contribution in [-0.2, 0) is 14.3 Å². The first-order chi connectivity index (χ1) is 9.52. The summed E-state index contributed by atoms with van der Waals surface area (Å²) in [6.07, 6.45) is 1.35. The maximum atomic E-state index is 11.1. The normalized spacial score (nSPS) is 10.1. The minimum Gasteiger partial charge on any atom is -0.469 e. The van der Waals surface area contributed by atoms with E-state index in [9.17, 15) is 9.59 Å². The fourth-order valence-electron chi connectivity index (χ4n) is 1.96. The Morgan fingerprint density at radius 2 is 2.00 bits per heavy atom. The third-order valence-electron chi connectivity index (χ3n) is 3.03. The van der Waals surface area contributed by atoms with Crippen molar-refractivity contribution >= 4 is 17.6 Å². The number of esters is 1. The molecule has 0 fully saturated rings. The molecule has 0 aliphatic carbocycles. The summed E-state index contributed by atoms with van der Waals surface area (Å²) in [4.78, 5) is 24.2. The smallest absolute Gasteiger partial charge is 0.305 e. The van der Waals surface area contributed by atoms with E-state index in [-0.39, 0.29) is 11.9 Å². The molecule has 1 rings (SSSR count). The summed E-state index contributed by atoms with van der Waals surface area (Å²) in [6, 6.07) is 8.04. The lowest BCUT2D eigenvalue weighted by Gasteiger charge is -2.24. The number of nitrogens with two attached hydrogens (primary N) is 1. The summed E-state index contributed by atoms with van der Waals surface area (Å²) in [7, 11) is 1.38. The van der Waals surface area contributed by atoms with Gasteiger partial charge < -0.3 is 15.4 Å². The number of anilines is 1. The van der Waals surface area contributed by atoms with Gasteiger partial charge in [-0.2, -0.15) is 0 Å². The van der Waals surface area contributed by atoms with Gasteiger partial charge in [0.2, 0.25) is 5.91 Å². The quantitative estimate of drug-likeness (QED) is 0.734. The number of aryl methyl sites for hydroxylation is 1. The molecule has 2 N–H and O–H groups in total. The number of nitrogens with zero attached hydrogens (tertiary/aromatic N) is 1. The van der Waals surface area contributed by atoms with Gasteiger partial charge in [-0.1, -0.05) is 12.1 Å². The van der Waals surface area contributed by atoms with E-state index < -0.39 is 0 Å². The maximum absolute atomic E-state index is 11.1. The van der Waals surface area contributed by atoms with E-state index in [4.69, 9.17) is 5.73 Å². The van der Waals surface area contributed by atoms with E-state index in [2.05, 4.69) is 15.7 Å². The number of carbonyl (C=O) groups is 2. The summed E-state index contributed by atoms with van der Waals surface area (Å²) >= 11 is 0. The third kappa shape index (κ3) is 5.73. The Morgan fingerprint density at radius 1 is 1.25 bits per heavy atom. The number of primary amides is 1. The number of methoxy groups -OCH3 is 1. The van der Waals surface area contributed by atoms with Crippen molar-refractivity contribution in [2.45, 2.75) is 26.2 Å². The van der Waals surface area contributed by atoms with Crippen molar-refractivity contribution in [3.63, 3.8) is 0 Å². The molecule has 1 aromatic rings. The number of hydrogen-bond acceptors (Lipinski definition) is 4. The van der Waals surface area contributed by atoms with Crippen molar-refractivity contribution in [3.05, 3.63) is 29.8 Å². The van der Waals surface area contributed by atoms with Crippen LogP contribution in [0.3, 0.4) is 0 Å². The zero-order chi connectivity index (χ0) is 15.0. The molecule has 20 heavy (non-hydrogen) atoms. The molecule has 0 radical (unpaired) electrons. The minimum atomic E-state index is -0.323. The third-order valence-corrected chi connectivity index (χ3v) is 3.03. The number of carbonyl (C=O) groups excluding carboxylic acids is 2. The molecule has 0 heterocycles. The topological polar surface area (TPSA) is 72.6 Å². The average molecular weight is 278 g/mol. The predicted octanol–water partition coefficient (Wildman–Crippen LogP) is 1.63. The lowest BCUT2D eigenvalue weighted by Crippen LogP contribution is -2.29. The van der Waals surface area contributed by atoms with Crippen molar-refractivity contribution in [3.8, 4) is 0 Å². The van der Waals surface area contributed by atoms with E-state index in [1.807, 2.05) is 25.1 Å². The van der Waals surface area contributed by atoms with Gasteiger partial charge in [0, 0.05) is 31.6 Å². The molecule has 0 saturated heterocycles. The van der Waals surface area contributed by atoms with Crippen LogP contribution in [0.2, 0.25) is 0 Å². The first-order valence-electron chi connectivity index (χ1n) is 6.69. The van der Waals surface area contributed by atoms with E-state index in [1.165, 1.54) is 7.11 Å². The molecule has 1 amide bonds. The Balaban J connectivity index is 2.64. The monoisotopic (exact) mass is 278 g/mol. The average Bonchev–Trinajstić information content (AvgIpc) is 2.41. The fraction of sp³-hybridized carbons (Fsp3) is 0.467. The lowest BCUT2D eigenvalue weighted by atomic mass is 10.2. The summed E-state index contributed by atoms with van der Waals surface area (Å²) in [5, 5.41) is 0. The molecule has 0 saturated carbocycles. The van der Waals surface area contributed by atoms with Gasteiger partial charge >= 0.3 is 5.97 Å². The Kier molecular flexibility index (Phi) is 6.56. The summed E-state index contributed by atoms with van der Waals surface area (Å²) in [6.45, 7) is 3.26. The van der Waals surface area contributed by atoms with E-state index in [0.717, 1.165) is 11.3 Å². The zero-order valence-corrected chi connectivity index (χ0v) is 12.1. The second kappa shape index (κ2) is 8.19. The van der Waals surface area contributed by atoms with Crippen LogP contribution in [0.15, 0.2) is 24.3 Å². The van der Waals surface area contributed by atoms with Crippen LogP contribution in [-0.4, -0.2) is 32.1 Å². The number of ether oxygens (including phenoxy) is 1. The molecular formula is C15H22N2O3. The predicted molar refractivity (Wildman–Crippen MR) is 78.5 cm³/mol. The number of rotatable bonds is 8. The number of hydrogen-bond donors (Lipinski definition) is 1. The molecule has 5 nitrogen and oxygen atoms in total. The highest BCUT2D eigenvalue weighted by atomic mass is 16.5. The second-order valence-corrected chi connectivity index (χ2v) is 4.72. The SMILES string of the molecule is COC(=O)CCCN(CCC(N)=O)c1cccc(C)c1. The summed E-state index contributed by atoms with van der Waals surface area (Å²) in [5.74, 6) is -0.542. The highest BCUT2D eigenvalue weighted by Gasteiger charge is 2.09. The van der Waals surface area contributed by atoms with Crippen molar-refractivity contribution < 1.29 is 14.3 Å². The van der Waals surface area contributed by atoms with E-state index >= 15 is 0 Å². The first kappa shape index (κ1) is 16.0. The van der Waals surface area contributed by atoms with Crippen molar-refractivity contribution in [1.82, 2.24) is 0 Å². The van der Waals surface area contributed by atoms with Gasteiger partial charge in [0.25, 0.3) is 0 Å². The molecule has 0 unspecified atom stereocenters. The molecule has 110 valence electrons. The van der Waals surface area contributed by atoms with Crippen LogP contribution in [0.4, 0.5) is 5.69 Å². The highest BCUT2D eigenvalue weighted by molar-refractivity contribution is 5.74. The van der Waals surface area contributed by atoms with Crippen LogP contribution in [0.25, 0.3) is 0 Å². The number of benzene rings is 1. The molecule has 0 aromatic heterocycles. The molecule has 0 aliphatic heterocycles. The van der Waals surface area contributed by atoms with Crippen molar-refractivity contribution in [2.24, 2.45) is 5.73 Å². The van der Waals surface area contributed by atoms with Gasteiger partial charge in [-0.15, -0.1) is 0 Å². The summed E-state index contributed by atoms with van der Waals surface area (Å²) < 4.78 is 4.62. The molecular weight excluding hydrogens is 256 g/mol. The Labute approximate surface area is 119 Å². The minimum absolute atomic E-state index is 0.218. The zero-order valence-electron chi connectivity index (χ0n) is 12.1. The van der Waals surface area contributed by atoms with E-state index in [1.54, 1.807) is 0 Å². The van der Waals surface area contributed by atoms with Crippen LogP contribution >= 0.6 is 0 Å². The van der Waals surface area contributed by atoms with Gasteiger partial charge in [-0.25, -0.2) is 0 Å². The molecule has 0 spiro atoms. The summed E-state index contributed by atoms with van der Waals surface area (Å²) in [5.41, 5.74) is 7.40. The van der Waals surface area contributed by atoms with Gasteiger partial charge in [0.05, 0.1) is 7.11 Å². The molecule has 0 bridgehead atoms. The number of amides is 1.